The Labute approximate surface area is 154 Å². The van der Waals surface area contributed by atoms with E-state index in [4.69, 9.17) is 9.47 Å². The monoisotopic (exact) mass is 400 g/mol. The van der Waals surface area contributed by atoms with Gasteiger partial charge < -0.3 is 9.47 Å². The molecule has 27 heavy (non-hydrogen) atoms. The molecule has 3 rings (SSSR count). The van der Waals surface area contributed by atoms with E-state index in [2.05, 4.69) is 10.3 Å². The van der Waals surface area contributed by atoms with Crippen LogP contribution >= 0.6 is 11.3 Å². The summed E-state index contributed by atoms with van der Waals surface area (Å²) in [5, 5.41) is 2.73. The number of carbonyl (C=O) groups is 1. The van der Waals surface area contributed by atoms with E-state index in [1.165, 1.54) is 31.4 Å². The molecule has 0 aliphatic rings. The van der Waals surface area contributed by atoms with Gasteiger partial charge in [-0.1, -0.05) is 11.3 Å². The standard InChI is InChI=1S/C17H12F4N2O3S/c1-25-13-5-2-9(18)6-11(13)15(24)23-16-22-12-4-3-10(7-14(12)27-16)26-8-17(19,20)21/h2-7H,8H2,1H3,(H,22,23,24). The van der Waals surface area contributed by atoms with Crippen LogP contribution in [0.25, 0.3) is 10.2 Å². The maximum absolute atomic E-state index is 13.4. The van der Waals surface area contributed by atoms with Crippen molar-refractivity contribution in [2.45, 2.75) is 6.18 Å². The van der Waals surface area contributed by atoms with Crippen molar-refractivity contribution in [2.75, 3.05) is 19.0 Å². The highest BCUT2D eigenvalue weighted by atomic mass is 32.1. The van der Waals surface area contributed by atoms with Gasteiger partial charge in [0.2, 0.25) is 0 Å². The Balaban J connectivity index is 1.79. The van der Waals surface area contributed by atoms with Crippen molar-refractivity contribution >= 4 is 32.6 Å². The van der Waals surface area contributed by atoms with Gasteiger partial charge in [0.1, 0.15) is 17.3 Å². The third-order valence-corrected chi connectivity index (χ3v) is 4.32. The number of ether oxygens (including phenoxy) is 2. The average Bonchev–Trinajstić information content (AvgIpc) is 3.00. The van der Waals surface area contributed by atoms with E-state index in [0.29, 0.717) is 10.2 Å². The minimum Gasteiger partial charge on any atom is -0.496 e. The second kappa shape index (κ2) is 7.39. The molecule has 1 heterocycles. The van der Waals surface area contributed by atoms with Crippen LogP contribution in [0.3, 0.4) is 0 Å². The number of alkyl halides is 3. The first-order chi connectivity index (χ1) is 12.7. The molecule has 0 aliphatic heterocycles. The van der Waals surface area contributed by atoms with Gasteiger partial charge in [-0.3, -0.25) is 10.1 Å². The number of rotatable bonds is 5. The zero-order chi connectivity index (χ0) is 19.6. The summed E-state index contributed by atoms with van der Waals surface area (Å²) in [5.41, 5.74) is 0.465. The highest BCUT2D eigenvalue weighted by Gasteiger charge is 2.28. The Bertz CT molecular complexity index is 988. The molecule has 10 heteroatoms. The number of benzene rings is 2. The van der Waals surface area contributed by atoms with Crippen LogP contribution in [0.1, 0.15) is 10.4 Å². The number of thiazole rings is 1. The summed E-state index contributed by atoms with van der Waals surface area (Å²) >= 11 is 1.05. The number of fused-ring (bicyclic) bond motifs is 1. The van der Waals surface area contributed by atoms with E-state index in [-0.39, 0.29) is 22.2 Å². The highest BCUT2D eigenvalue weighted by Crippen LogP contribution is 2.31. The first kappa shape index (κ1) is 18.9. The van der Waals surface area contributed by atoms with Crippen molar-refractivity contribution in [2.24, 2.45) is 0 Å². The fourth-order valence-electron chi connectivity index (χ4n) is 2.24. The predicted molar refractivity (Wildman–Crippen MR) is 92.1 cm³/mol. The number of amides is 1. The number of carbonyl (C=O) groups excluding carboxylic acids is 1. The van der Waals surface area contributed by atoms with Crippen LogP contribution in [0.5, 0.6) is 11.5 Å². The van der Waals surface area contributed by atoms with Gasteiger partial charge in [0.05, 0.1) is 22.9 Å². The van der Waals surface area contributed by atoms with Crippen LogP contribution in [-0.4, -0.2) is 30.8 Å². The van der Waals surface area contributed by atoms with Gasteiger partial charge in [-0.05, 0) is 36.4 Å². The van der Waals surface area contributed by atoms with Crippen LogP contribution in [0.15, 0.2) is 36.4 Å². The van der Waals surface area contributed by atoms with E-state index in [1.54, 1.807) is 0 Å². The summed E-state index contributed by atoms with van der Waals surface area (Å²) in [6.07, 6.45) is -4.44. The number of aromatic nitrogens is 1. The first-order valence-corrected chi connectivity index (χ1v) is 8.32. The van der Waals surface area contributed by atoms with Gasteiger partial charge in [0, 0.05) is 0 Å². The number of hydrogen-bond acceptors (Lipinski definition) is 5. The molecule has 3 aromatic rings. The summed E-state index contributed by atoms with van der Waals surface area (Å²) in [6, 6.07) is 7.76. The number of halogens is 4. The van der Waals surface area contributed by atoms with Crippen molar-refractivity contribution in [3.8, 4) is 11.5 Å². The normalized spacial score (nSPS) is 11.4. The molecule has 0 saturated heterocycles. The predicted octanol–water partition coefficient (Wildman–Crippen LogP) is 4.64. The van der Waals surface area contributed by atoms with Crippen LogP contribution in [0.4, 0.5) is 22.7 Å². The van der Waals surface area contributed by atoms with E-state index >= 15 is 0 Å². The third kappa shape index (κ3) is 4.64. The molecule has 2 aromatic carbocycles. The smallest absolute Gasteiger partial charge is 0.422 e. The van der Waals surface area contributed by atoms with E-state index < -0.39 is 24.5 Å². The van der Waals surface area contributed by atoms with Crippen LogP contribution in [0, 0.1) is 5.82 Å². The van der Waals surface area contributed by atoms with Crippen LogP contribution < -0.4 is 14.8 Å². The number of methoxy groups -OCH3 is 1. The van der Waals surface area contributed by atoms with Gasteiger partial charge in [0.15, 0.2) is 11.7 Å². The van der Waals surface area contributed by atoms with E-state index in [9.17, 15) is 22.4 Å². The Morgan fingerprint density at radius 3 is 2.70 bits per heavy atom. The molecule has 0 aliphatic carbocycles. The van der Waals surface area contributed by atoms with Crippen molar-refractivity contribution in [3.05, 3.63) is 47.8 Å². The lowest BCUT2D eigenvalue weighted by Gasteiger charge is -2.08. The van der Waals surface area contributed by atoms with Crippen molar-refractivity contribution in [3.63, 3.8) is 0 Å². The number of hydrogen-bond donors (Lipinski definition) is 1. The molecule has 0 radical (unpaired) electrons. The summed E-state index contributed by atoms with van der Waals surface area (Å²) < 4.78 is 60.4. The fourth-order valence-corrected chi connectivity index (χ4v) is 3.12. The number of anilines is 1. The summed E-state index contributed by atoms with van der Waals surface area (Å²) in [5.74, 6) is -0.998. The maximum atomic E-state index is 13.4. The van der Waals surface area contributed by atoms with Gasteiger partial charge in [0.25, 0.3) is 5.91 Å². The maximum Gasteiger partial charge on any atom is 0.422 e. The van der Waals surface area contributed by atoms with Crippen molar-refractivity contribution < 1.29 is 31.8 Å². The van der Waals surface area contributed by atoms with Gasteiger partial charge >= 0.3 is 6.18 Å². The minimum atomic E-state index is -4.44. The van der Waals surface area contributed by atoms with E-state index in [1.807, 2.05) is 0 Å². The zero-order valence-corrected chi connectivity index (χ0v) is 14.6. The molecule has 1 amide bonds. The second-order valence-electron chi connectivity index (χ2n) is 5.35. The second-order valence-corrected chi connectivity index (χ2v) is 6.38. The van der Waals surface area contributed by atoms with Crippen molar-refractivity contribution in [1.82, 2.24) is 4.98 Å². The quantitative estimate of drug-likeness (QED) is 0.634. The molecule has 0 saturated carbocycles. The summed E-state index contributed by atoms with van der Waals surface area (Å²) in [4.78, 5) is 16.5. The molecular formula is C17H12F4N2O3S. The average molecular weight is 400 g/mol. The topological polar surface area (TPSA) is 60.5 Å². The van der Waals surface area contributed by atoms with Crippen LogP contribution in [-0.2, 0) is 0 Å². The minimum absolute atomic E-state index is 0.00837. The molecule has 5 nitrogen and oxygen atoms in total. The van der Waals surface area contributed by atoms with Gasteiger partial charge in [-0.25, -0.2) is 9.37 Å². The van der Waals surface area contributed by atoms with Crippen molar-refractivity contribution in [1.29, 1.82) is 0 Å². The zero-order valence-electron chi connectivity index (χ0n) is 13.8. The number of nitrogens with one attached hydrogen (secondary N) is 1. The molecule has 0 unspecified atom stereocenters. The molecule has 0 bridgehead atoms. The molecule has 142 valence electrons. The molecule has 0 fully saturated rings. The lowest BCUT2D eigenvalue weighted by molar-refractivity contribution is -0.153. The lowest BCUT2D eigenvalue weighted by atomic mass is 10.2. The molecule has 0 atom stereocenters. The first-order valence-electron chi connectivity index (χ1n) is 7.50. The molecule has 1 N–H and O–H groups in total. The van der Waals surface area contributed by atoms with Gasteiger partial charge in [-0.2, -0.15) is 13.2 Å². The highest BCUT2D eigenvalue weighted by molar-refractivity contribution is 7.22. The Hall–Kier alpha value is -2.88. The lowest BCUT2D eigenvalue weighted by Crippen LogP contribution is -2.19. The van der Waals surface area contributed by atoms with Crippen LogP contribution in [0.2, 0.25) is 0 Å². The van der Waals surface area contributed by atoms with Gasteiger partial charge in [-0.15, -0.1) is 0 Å². The summed E-state index contributed by atoms with van der Waals surface area (Å²) in [7, 11) is 1.35. The fraction of sp³-hybridized carbons (Fsp3) is 0.176. The molecule has 1 aromatic heterocycles. The molecular weight excluding hydrogens is 388 g/mol. The molecule has 0 spiro atoms. The SMILES string of the molecule is COc1ccc(F)cc1C(=O)Nc1nc2ccc(OCC(F)(F)F)cc2s1. The number of nitrogens with zero attached hydrogens (tertiary/aromatic N) is 1. The Morgan fingerprint density at radius 1 is 1.22 bits per heavy atom. The van der Waals surface area contributed by atoms with E-state index in [0.717, 1.165) is 23.5 Å². The Morgan fingerprint density at radius 2 is 2.00 bits per heavy atom. The largest absolute Gasteiger partial charge is 0.496 e. The summed E-state index contributed by atoms with van der Waals surface area (Å²) in [6.45, 7) is -1.40. The Kier molecular flexibility index (Phi) is 5.17. The third-order valence-electron chi connectivity index (χ3n) is 3.39.